The third-order valence-electron chi connectivity index (χ3n) is 4.54. The average molecular weight is 307 g/mol. The first-order chi connectivity index (χ1) is 11.3. The van der Waals surface area contributed by atoms with Crippen molar-refractivity contribution in [3.63, 3.8) is 0 Å². The van der Waals surface area contributed by atoms with Crippen molar-refractivity contribution in [2.75, 3.05) is 6.54 Å². The summed E-state index contributed by atoms with van der Waals surface area (Å²) >= 11 is 0. The van der Waals surface area contributed by atoms with Gasteiger partial charge in [0.25, 0.3) is 0 Å². The monoisotopic (exact) mass is 307 g/mol. The molecule has 0 radical (unpaired) electrons. The molecule has 3 nitrogen and oxygen atoms in total. The Balaban J connectivity index is 1.74. The van der Waals surface area contributed by atoms with Crippen LogP contribution in [0.25, 0.3) is 21.8 Å². The van der Waals surface area contributed by atoms with Crippen molar-refractivity contribution in [3.05, 3.63) is 71.8 Å². The Kier molecular flexibility index (Phi) is 3.39. The standard InChI is InChI=1S/C19H18FN3/c20-14-5-6-19-16(8-14)17(11-23-19)12(9-21)7-13-10-22-18-4-2-1-3-15(13)18/h1-6,8,10-12,22-23H,7,9,21H2. The zero-order valence-electron chi connectivity index (χ0n) is 12.6. The Labute approximate surface area is 133 Å². The maximum Gasteiger partial charge on any atom is 0.123 e. The summed E-state index contributed by atoms with van der Waals surface area (Å²) in [6, 6.07) is 13.1. The zero-order chi connectivity index (χ0) is 15.8. The molecule has 1 unspecified atom stereocenters. The van der Waals surface area contributed by atoms with E-state index >= 15 is 0 Å². The van der Waals surface area contributed by atoms with Crippen LogP contribution in [-0.4, -0.2) is 16.5 Å². The molecule has 0 aliphatic rings. The highest BCUT2D eigenvalue weighted by Crippen LogP contribution is 2.30. The Morgan fingerprint density at radius 1 is 0.957 bits per heavy atom. The maximum atomic E-state index is 13.6. The van der Waals surface area contributed by atoms with Crippen LogP contribution in [0.4, 0.5) is 4.39 Å². The van der Waals surface area contributed by atoms with Crippen molar-refractivity contribution in [2.24, 2.45) is 5.73 Å². The molecule has 2 heterocycles. The van der Waals surface area contributed by atoms with Gasteiger partial charge in [0.05, 0.1) is 0 Å². The van der Waals surface area contributed by atoms with Gasteiger partial charge in [0.1, 0.15) is 5.82 Å². The normalized spacial score (nSPS) is 13.0. The number of hydrogen-bond acceptors (Lipinski definition) is 1. The predicted octanol–water partition coefficient (Wildman–Crippen LogP) is 4.07. The van der Waals surface area contributed by atoms with Gasteiger partial charge < -0.3 is 15.7 Å². The molecule has 4 heteroatoms. The van der Waals surface area contributed by atoms with Crippen LogP contribution >= 0.6 is 0 Å². The molecule has 23 heavy (non-hydrogen) atoms. The molecular formula is C19H18FN3. The molecule has 0 spiro atoms. The number of halogens is 1. The van der Waals surface area contributed by atoms with Gasteiger partial charge in [-0.3, -0.25) is 0 Å². The molecule has 2 aromatic carbocycles. The molecule has 0 bridgehead atoms. The van der Waals surface area contributed by atoms with E-state index in [4.69, 9.17) is 5.73 Å². The summed E-state index contributed by atoms with van der Waals surface area (Å²) in [5.74, 6) is -0.0778. The number of rotatable bonds is 4. The summed E-state index contributed by atoms with van der Waals surface area (Å²) in [5.41, 5.74) is 10.4. The highest BCUT2D eigenvalue weighted by molar-refractivity contribution is 5.85. The molecule has 4 rings (SSSR count). The Morgan fingerprint density at radius 3 is 2.61 bits per heavy atom. The van der Waals surface area contributed by atoms with E-state index in [1.807, 2.05) is 24.5 Å². The molecule has 0 aliphatic carbocycles. The molecule has 0 aliphatic heterocycles. The first-order valence-electron chi connectivity index (χ1n) is 7.78. The van der Waals surface area contributed by atoms with E-state index in [9.17, 15) is 4.39 Å². The first-order valence-corrected chi connectivity index (χ1v) is 7.78. The van der Waals surface area contributed by atoms with Crippen molar-refractivity contribution in [1.82, 2.24) is 9.97 Å². The van der Waals surface area contributed by atoms with Gasteiger partial charge in [0.15, 0.2) is 0 Å². The number of nitrogens with one attached hydrogen (secondary N) is 2. The quantitative estimate of drug-likeness (QED) is 0.523. The Hall–Kier alpha value is -2.59. The lowest BCUT2D eigenvalue weighted by atomic mass is 9.91. The second-order valence-electron chi connectivity index (χ2n) is 5.93. The number of H-pyrrole nitrogens is 2. The number of fused-ring (bicyclic) bond motifs is 2. The third kappa shape index (κ3) is 2.41. The summed E-state index contributed by atoms with van der Waals surface area (Å²) in [6.45, 7) is 0.517. The van der Waals surface area contributed by atoms with Gasteiger partial charge in [-0.05, 0) is 48.4 Å². The van der Waals surface area contributed by atoms with Gasteiger partial charge in [-0.25, -0.2) is 4.39 Å². The number of aromatic nitrogens is 2. The van der Waals surface area contributed by atoms with E-state index < -0.39 is 0 Å². The van der Waals surface area contributed by atoms with Gasteiger partial charge >= 0.3 is 0 Å². The summed E-state index contributed by atoms with van der Waals surface area (Å²) in [5, 5.41) is 2.14. The minimum atomic E-state index is -0.221. The lowest BCUT2D eigenvalue weighted by Gasteiger charge is -2.14. The maximum absolute atomic E-state index is 13.6. The first kappa shape index (κ1) is 14.0. The fourth-order valence-electron chi connectivity index (χ4n) is 3.34. The molecule has 0 fully saturated rings. The molecule has 4 aromatic rings. The topological polar surface area (TPSA) is 57.6 Å². The van der Waals surface area contributed by atoms with E-state index in [0.717, 1.165) is 28.4 Å². The fraction of sp³-hybridized carbons (Fsp3) is 0.158. The van der Waals surface area contributed by atoms with Crippen molar-refractivity contribution in [2.45, 2.75) is 12.3 Å². The molecule has 116 valence electrons. The summed E-state index contributed by atoms with van der Waals surface area (Å²) in [4.78, 5) is 6.52. The SMILES string of the molecule is NCC(Cc1c[nH]c2ccccc12)c1c[nH]c2ccc(F)cc12. The largest absolute Gasteiger partial charge is 0.361 e. The molecular weight excluding hydrogens is 289 g/mol. The van der Waals surface area contributed by atoms with Crippen LogP contribution in [0.3, 0.4) is 0 Å². The number of aromatic amines is 2. The minimum Gasteiger partial charge on any atom is -0.361 e. The summed E-state index contributed by atoms with van der Waals surface area (Å²) < 4.78 is 13.6. The molecule has 0 amide bonds. The number of hydrogen-bond donors (Lipinski definition) is 3. The third-order valence-corrected chi connectivity index (χ3v) is 4.54. The van der Waals surface area contributed by atoms with Crippen molar-refractivity contribution >= 4 is 21.8 Å². The van der Waals surface area contributed by atoms with E-state index in [2.05, 4.69) is 22.1 Å². The van der Waals surface area contributed by atoms with Crippen LogP contribution in [0, 0.1) is 5.82 Å². The molecule has 4 N–H and O–H groups in total. The smallest absolute Gasteiger partial charge is 0.123 e. The fourth-order valence-corrected chi connectivity index (χ4v) is 3.34. The second-order valence-corrected chi connectivity index (χ2v) is 5.93. The van der Waals surface area contributed by atoms with Crippen LogP contribution in [0.5, 0.6) is 0 Å². The lowest BCUT2D eigenvalue weighted by molar-refractivity contribution is 0.629. The summed E-state index contributed by atoms with van der Waals surface area (Å²) in [6.07, 6.45) is 4.82. The Morgan fingerprint density at radius 2 is 1.74 bits per heavy atom. The Bertz CT molecular complexity index is 967. The van der Waals surface area contributed by atoms with Crippen LogP contribution < -0.4 is 5.73 Å². The van der Waals surface area contributed by atoms with E-state index in [1.165, 1.54) is 17.0 Å². The number of benzene rings is 2. The lowest BCUT2D eigenvalue weighted by Crippen LogP contribution is -2.14. The minimum absolute atomic E-state index is 0.143. The van der Waals surface area contributed by atoms with Crippen LogP contribution in [0.2, 0.25) is 0 Å². The molecule has 0 saturated carbocycles. The highest BCUT2D eigenvalue weighted by atomic mass is 19.1. The van der Waals surface area contributed by atoms with Gasteiger partial charge in [-0.1, -0.05) is 18.2 Å². The van der Waals surface area contributed by atoms with Gasteiger partial charge in [-0.2, -0.15) is 0 Å². The number of para-hydroxylation sites is 1. The van der Waals surface area contributed by atoms with E-state index in [1.54, 1.807) is 12.1 Å². The number of nitrogens with two attached hydrogens (primary N) is 1. The van der Waals surface area contributed by atoms with Crippen molar-refractivity contribution in [1.29, 1.82) is 0 Å². The molecule has 1 atom stereocenters. The van der Waals surface area contributed by atoms with Crippen molar-refractivity contribution in [3.8, 4) is 0 Å². The molecule has 2 aromatic heterocycles. The van der Waals surface area contributed by atoms with Crippen molar-refractivity contribution < 1.29 is 4.39 Å². The van der Waals surface area contributed by atoms with E-state index in [-0.39, 0.29) is 11.7 Å². The van der Waals surface area contributed by atoms with Crippen LogP contribution in [0.1, 0.15) is 17.0 Å². The van der Waals surface area contributed by atoms with Crippen LogP contribution in [-0.2, 0) is 6.42 Å². The molecule has 0 saturated heterocycles. The highest BCUT2D eigenvalue weighted by Gasteiger charge is 2.17. The van der Waals surface area contributed by atoms with Gasteiger partial charge in [0.2, 0.25) is 0 Å². The van der Waals surface area contributed by atoms with Gasteiger partial charge in [-0.15, -0.1) is 0 Å². The predicted molar refractivity (Wildman–Crippen MR) is 92.1 cm³/mol. The van der Waals surface area contributed by atoms with Gasteiger partial charge in [0, 0.05) is 40.1 Å². The zero-order valence-corrected chi connectivity index (χ0v) is 12.6. The average Bonchev–Trinajstić information content (AvgIpc) is 3.16. The van der Waals surface area contributed by atoms with E-state index in [0.29, 0.717) is 6.54 Å². The van der Waals surface area contributed by atoms with Crippen LogP contribution in [0.15, 0.2) is 54.9 Å². The summed E-state index contributed by atoms with van der Waals surface area (Å²) in [7, 11) is 0. The second kappa shape index (κ2) is 5.56.